The highest BCUT2D eigenvalue weighted by atomic mass is 15.0. The van der Waals surface area contributed by atoms with Gasteiger partial charge in [-0.15, -0.1) is 0 Å². The summed E-state index contributed by atoms with van der Waals surface area (Å²) < 4.78 is 2.24. The lowest BCUT2D eigenvalue weighted by atomic mass is 9.94. The normalized spacial score (nSPS) is 11.4. The van der Waals surface area contributed by atoms with Crippen LogP contribution >= 0.6 is 0 Å². The summed E-state index contributed by atoms with van der Waals surface area (Å²) in [4.78, 5) is 4.78. The Morgan fingerprint density at radius 3 is 2.48 bits per heavy atom. The summed E-state index contributed by atoms with van der Waals surface area (Å²) in [6, 6.07) is 13.1. The number of hydrogen-bond acceptors (Lipinski definition) is 3. The quantitative estimate of drug-likeness (QED) is 0.553. The monoisotopic (exact) mass is 358 g/mol. The molecule has 0 spiro atoms. The van der Waals surface area contributed by atoms with Gasteiger partial charge in [0.1, 0.15) is 0 Å². The summed E-state index contributed by atoms with van der Waals surface area (Å²) in [5.41, 5.74) is 17.5. The number of benzene rings is 1. The molecule has 0 amide bonds. The van der Waals surface area contributed by atoms with Gasteiger partial charge >= 0.3 is 0 Å². The maximum atomic E-state index is 5.71. The second-order valence-corrected chi connectivity index (χ2v) is 7.36. The molecule has 27 heavy (non-hydrogen) atoms. The highest BCUT2D eigenvalue weighted by Crippen LogP contribution is 2.35. The van der Waals surface area contributed by atoms with Gasteiger partial charge in [0.2, 0.25) is 0 Å². The van der Waals surface area contributed by atoms with Gasteiger partial charge in [0.25, 0.3) is 0 Å². The number of hydrogen-bond donors (Lipinski definition) is 2. The van der Waals surface area contributed by atoms with Crippen LogP contribution in [0.15, 0.2) is 42.6 Å². The molecule has 3 aromatic heterocycles. The molecule has 0 bridgehead atoms. The Kier molecular flexibility index (Phi) is 4.36. The first-order valence-corrected chi connectivity index (χ1v) is 9.43. The number of rotatable bonds is 4. The Balaban J connectivity index is 2.04. The molecule has 0 saturated heterocycles. The Labute approximate surface area is 160 Å². The van der Waals surface area contributed by atoms with Crippen LogP contribution in [0.5, 0.6) is 0 Å². The van der Waals surface area contributed by atoms with Crippen molar-refractivity contribution in [3.8, 4) is 11.1 Å². The van der Waals surface area contributed by atoms with Crippen LogP contribution in [-0.4, -0.2) is 22.5 Å². The average Bonchev–Trinajstić information content (AvgIpc) is 2.97. The summed E-state index contributed by atoms with van der Waals surface area (Å²) in [5, 5.41) is 3.46. The van der Waals surface area contributed by atoms with E-state index in [0.717, 1.165) is 29.0 Å². The molecule has 0 saturated carbocycles. The van der Waals surface area contributed by atoms with E-state index in [4.69, 9.17) is 10.7 Å². The molecule has 0 radical (unpaired) electrons. The van der Waals surface area contributed by atoms with Crippen LogP contribution < -0.4 is 11.1 Å². The number of nitrogens with one attached hydrogen (secondary N) is 1. The number of aromatic nitrogens is 2. The maximum absolute atomic E-state index is 5.71. The van der Waals surface area contributed by atoms with E-state index in [1.807, 2.05) is 6.92 Å². The van der Waals surface area contributed by atoms with E-state index in [0.29, 0.717) is 6.54 Å². The molecule has 3 N–H and O–H groups in total. The van der Waals surface area contributed by atoms with Crippen molar-refractivity contribution in [2.45, 2.75) is 27.7 Å². The summed E-state index contributed by atoms with van der Waals surface area (Å²) in [7, 11) is 0. The molecule has 0 aliphatic heterocycles. The zero-order valence-electron chi connectivity index (χ0n) is 16.4. The first-order chi connectivity index (χ1) is 13.0. The molecule has 4 nitrogen and oxygen atoms in total. The summed E-state index contributed by atoms with van der Waals surface area (Å²) >= 11 is 0. The third-order valence-electron chi connectivity index (χ3n) is 5.10. The fourth-order valence-electron chi connectivity index (χ4n) is 4.19. The van der Waals surface area contributed by atoms with Gasteiger partial charge in [0.05, 0.1) is 22.2 Å². The summed E-state index contributed by atoms with van der Waals surface area (Å²) in [6.07, 6.45) is 2.12. The predicted octanol–water partition coefficient (Wildman–Crippen LogP) is 4.76. The smallest absolute Gasteiger partial charge is 0.0950 e. The van der Waals surface area contributed by atoms with Crippen LogP contribution in [0.2, 0.25) is 0 Å². The number of pyridine rings is 2. The standard InChI is InChI=1S/C23H26N4/c1-14-10-15(2)22(16(3)11-14)18-6-5-9-27-21(18)13-20-23(27)19(25-8-7-24)12-17(4)26-20/h5-6,9-13H,7-8,24H2,1-4H3,(H,25,26). The van der Waals surface area contributed by atoms with Crippen molar-refractivity contribution < 1.29 is 0 Å². The van der Waals surface area contributed by atoms with Crippen molar-refractivity contribution in [1.29, 1.82) is 0 Å². The molecular weight excluding hydrogens is 332 g/mol. The minimum absolute atomic E-state index is 0.596. The third-order valence-corrected chi connectivity index (χ3v) is 5.10. The molecule has 0 fully saturated rings. The van der Waals surface area contributed by atoms with Crippen molar-refractivity contribution in [2.75, 3.05) is 18.4 Å². The van der Waals surface area contributed by atoms with Crippen molar-refractivity contribution in [2.24, 2.45) is 5.73 Å². The van der Waals surface area contributed by atoms with E-state index in [9.17, 15) is 0 Å². The number of aryl methyl sites for hydroxylation is 4. The van der Waals surface area contributed by atoms with E-state index >= 15 is 0 Å². The SMILES string of the molecule is Cc1cc(C)c(-c2cccn3c2cc2nc(C)cc(NCCN)c23)c(C)c1. The van der Waals surface area contributed by atoms with Gasteiger partial charge < -0.3 is 15.5 Å². The van der Waals surface area contributed by atoms with Crippen LogP contribution in [0, 0.1) is 27.7 Å². The third kappa shape index (κ3) is 2.96. The molecule has 4 rings (SSSR count). The van der Waals surface area contributed by atoms with E-state index < -0.39 is 0 Å². The molecule has 0 aliphatic carbocycles. The van der Waals surface area contributed by atoms with Crippen molar-refractivity contribution in [3.05, 3.63) is 65.0 Å². The van der Waals surface area contributed by atoms with Crippen molar-refractivity contribution >= 4 is 22.2 Å². The van der Waals surface area contributed by atoms with Crippen LogP contribution in [0.3, 0.4) is 0 Å². The number of nitrogens with zero attached hydrogens (tertiary/aromatic N) is 2. The number of anilines is 1. The van der Waals surface area contributed by atoms with Gasteiger partial charge in [0.15, 0.2) is 0 Å². The first kappa shape index (κ1) is 17.6. The molecule has 0 unspecified atom stereocenters. The molecule has 4 aromatic rings. The zero-order valence-corrected chi connectivity index (χ0v) is 16.4. The highest BCUT2D eigenvalue weighted by molar-refractivity contribution is 5.98. The second kappa shape index (κ2) is 6.71. The lowest BCUT2D eigenvalue weighted by molar-refractivity contribution is 1.02. The van der Waals surface area contributed by atoms with Crippen molar-refractivity contribution in [3.63, 3.8) is 0 Å². The molecule has 138 valence electrons. The van der Waals surface area contributed by atoms with Crippen LogP contribution in [-0.2, 0) is 0 Å². The fourth-order valence-corrected chi connectivity index (χ4v) is 4.19. The molecule has 1 aromatic carbocycles. The summed E-state index contributed by atoms with van der Waals surface area (Å²) in [5.74, 6) is 0. The minimum atomic E-state index is 0.596. The van der Waals surface area contributed by atoms with Crippen molar-refractivity contribution in [1.82, 2.24) is 9.38 Å². The van der Waals surface area contributed by atoms with Crippen LogP contribution in [0.4, 0.5) is 5.69 Å². The molecule has 0 aliphatic rings. The Hall–Kier alpha value is -2.85. The lowest BCUT2D eigenvalue weighted by Gasteiger charge is -2.14. The predicted molar refractivity (Wildman–Crippen MR) is 115 cm³/mol. The fraction of sp³-hybridized carbons (Fsp3) is 0.261. The largest absolute Gasteiger partial charge is 0.382 e. The van der Waals surface area contributed by atoms with Crippen LogP contribution in [0.25, 0.3) is 27.7 Å². The summed E-state index contributed by atoms with van der Waals surface area (Å²) in [6.45, 7) is 9.90. The van der Waals surface area contributed by atoms with Gasteiger partial charge in [0, 0.05) is 30.5 Å². The van der Waals surface area contributed by atoms with Gasteiger partial charge in [-0.3, -0.25) is 4.98 Å². The van der Waals surface area contributed by atoms with Crippen LogP contribution in [0.1, 0.15) is 22.4 Å². The molecule has 0 atom stereocenters. The molecule has 4 heteroatoms. The minimum Gasteiger partial charge on any atom is -0.382 e. The van der Waals surface area contributed by atoms with E-state index in [1.54, 1.807) is 0 Å². The van der Waals surface area contributed by atoms with E-state index in [-0.39, 0.29) is 0 Å². The van der Waals surface area contributed by atoms with E-state index in [2.05, 4.69) is 73.1 Å². The van der Waals surface area contributed by atoms with E-state index in [1.165, 1.54) is 33.3 Å². The van der Waals surface area contributed by atoms with Gasteiger partial charge in [-0.25, -0.2) is 0 Å². The number of fused-ring (bicyclic) bond motifs is 3. The second-order valence-electron chi connectivity index (χ2n) is 7.36. The molecule has 3 heterocycles. The Bertz CT molecular complexity index is 1130. The first-order valence-electron chi connectivity index (χ1n) is 9.43. The zero-order chi connectivity index (χ0) is 19.1. The van der Waals surface area contributed by atoms with Gasteiger partial charge in [-0.05, 0) is 62.6 Å². The lowest BCUT2D eigenvalue weighted by Crippen LogP contribution is -2.13. The maximum Gasteiger partial charge on any atom is 0.0950 e. The topological polar surface area (TPSA) is 55.3 Å². The van der Waals surface area contributed by atoms with Gasteiger partial charge in [-0.1, -0.05) is 23.8 Å². The number of nitrogens with two attached hydrogens (primary N) is 1. The highest BCUT2D eigenvalue weighted by Gasteiger charge is 2.15. The Morgan fingerprint density at radius 2 is 1.78 bits per heavy atom. The van der Waals surface area contributed by atoms with Gasteiger partial charge in [-0.2, -0.15) is 0 Å². The average molecular weight is 358 g/mol. The Morgan fingerprint density at radius 1 is 1.04 bits per heavy atom. The molecular formula is C23H26N4.